The highest BCUT2D eigenvalue weighted by Crippen LogP contribution is 2.48. The highest BCUT2D eigenvalue weighted by Gasteiger charge is 2.46. The van der Waals surface area contributed by atoms with Gasteiger partial charge in [-0.15, -0.1) is 0 Å². The number of carbonyl (C=O) groups is 2. The van der Waals surface area contributed by atoms with Gasteiger partial charge >= 0.3 is 5.97 Å². The molecule has 6 nitrogen and oxygen atoms in total. The number of hydrogen-bond acceptors (Lipinski definition) is 6. The first-order valence-corrected chi connectivity index (χ1v) is 12.9. The molecule has 0 aromatic heterocycles. The summed E-state index contributed by atoms with van der Waals surface area (Å²) in [6, 6.07) is 12.0. The van der Waals surface area contributed by atoms with Gasteiger partial charge in [-0.3, -0.25) is 14.6 Å². The lowest BCUT2D eigenvalue weighted by atomic mass is 9.69. The van der Waals surface area contributed by atoms with Gasteiger partial charge in [0.25, 0.3) is 0 Å². The summed E-state index contributed by atoms with van der Waals surface area (Å²) < 4.78 is 31.8. The standard InChI is InChI=1S/C30H32FNO5/c1-17-27(30(34)37-20-8-4-5-9-20)28(21-10-6-7-11-22(21)31)29-23(32-17)14-19(15-24(29)33)18-12-13-25(35-2)26(16-18)36-3/h6-7,10-13,16,19-20,27-28H,4-5,8-9,14-15H2,1-3H3/t19-,27?,28-/m0/s1. The molecule has 0 N–H and O–H groups in total. The van der Waals surface area contributed by atoms with Crippen molar-refractivity contribution in [3.8, 4) is 11.5 Å². The number of Topliss-reactive ketones (excluding diaryl/α,β-unsaturated/α-hetero) is 1. The number of ketones is 1. The Kier molecular flexibility index (Phi) is 7.13. The van der Waals surface area contributed by atoms with Crippen LogP contribution in [0.15, 0.2) is 58.7 Å². The first kappa shape index (κ1) is 25.2. The zero-order valence-corrected chi connectivity index (χ0v) is 21.5. The number of methoxy groups -OCH3 is 2. The molecular weight excluding hydrogens is 473 g/mol. The van der Waals surface area contributed by atoms with Gasteiger partial charge in [-0.25, -0.2) is 4.39 Å². The Morgan fingerprint density at radius 1 is 1.00 bits per heavy atom. The zero-order chi connectivity index (χ0) is 26.1. The highest BCUT2D eigenvalue weighted by atomic mass is 19.1. The molecule has 1 heterocycles. The van der Waals surface area contributed by atoms with E-state index in [1.807, 2.05) is 18.2 Å². The van der Waals surface area contributed by atoms with E-state index >= 15 is 4.39 Å². The van der Waals surface area contributed by atoms with Gasteiger partial charge in [0, 0.05) is 29.3 Å². The van der Waals surface area contributed by atoms with Crippen molar-refractivity contribution in [2.24, 2.45) is 10.9 Å². The number of esters is 1. The minimum absolute atomic E-state index is 0.120. The fourth-order valence-corrected chi connectivity index (χ4v) is 6.01. The van der Waals surface area contributed by atoms with Crippen molar-refractivity contribution in [3.63, 3.8) is 0 Å². The summed E-state index contributed by atoms with van der Waals surface area (Å²) in [5.74, 6) is -1.50. The van der Waals surface area contributed by atoms with Crippen LogP contribution in [0.5, 0.6) is 11.5 Å². The normalized spacial score (nSPS) is 23.9. The van der Waals surface area contributed by atoms with Crippen LogP contribution < -0.4 is 9.47 Å². The van der Waals surface area contributed by atoms with E-state index in [1.165, 1.54) is 6.07 Å². The second-order valence-corrected chi connectivity index (χ2v) is 10.1. The van der Waals surface area contributed by atoms with Crippen LogP contribution in [0.2, 0.25) is 0 Å². The maximum Gasteiger partial charge on any atom is 0.315 e. The Morgan fingerprint density at radius 3 is 2.43 bits per heavy atom. The van der Waals surface area contributed by atoms with Gasteiger partial charge in [-0.2, -0.15) is 0 Å². The van der Waals surface area contributed by atoms with Gasteiger partial charge < -0.3 is 14.2 Å². The van der Waals surface area contributed by atoms with Gasteiger partial charge in [-0.1, -0.05) is 24.3 Å². The maximum atomic E-state index is 15.2. The van der Waals surface area contributed by atoms with Gasteiger partial charge in [0.05, 0.1) is 14.2 Å². The molecule has 0 saturated heterocycles. The number of halogens is 1. The van der Waals surface area contributed by atoms with Gasteiger partial charge in [0.15, 0.2) is 17.3 Å². The Bertz CT molecular complexity index is 1280. The second kappa shape index (κ2) is 10.5. The second-order valence-electron chi connectivity index (χ2n) is 10.1. The minimum Gasteiger partial charge on any atom is -0.493 e. The van der Waals surface area contributed by atoms with E-state index in [-0.39, 0.29) is 24.2 Å². The molecule has 2 aromatic rings. The van der Waals surface area contributed by atoms with Crippen LogP contribution in [0.4, 0.5) is 4.39 Å². The molecule has 1 saturated carbocycles. The predicted molar refractivity (Wildman–Crippen MR) is 138 cm³/mol. The molecule has 1 fully saturated rings. The molecule has 0 radical (unpaired) electrons. The van der Waals surface area contributed by atoms with Gasteiger partial charge in [0.1, 0.15) is 17.8 Å². The molecule has 1 aliphatic heterocycles. The molecular formula is C30H32FNO5. The Hall–Kier alpha value is -3.48. The molecule has 7 heteroatoms. The molecule has 3 atom stereocenters. The summed E-state index contributed by atoms with van der Waals surface area (Å²) in [7, 11) is 3.15. The number of nitrogens with zero attached hydrogens (tertiary/aromatic N) is 1. The zero-order valence-electron chi connectivity index (χ0n) is 21.5. The lowest BCUT2D eigenvalue weighted by Gasteiger charge is -2.37. The molecule has 0 amide bonds. The van der Waals surface area contributed by atoms with Gasteiger partial charge in [-0.05, 0) is 74.3 Å². The predicted octanol–water partition coefficient (Wildman–Crippen LogP) is 5.90. The van der Waals surface area contributed by atoms with Crippen LogP contribution in [0, 0.1) is 11.7 Å². The number of carbonyl (C=O) groups excluding carboxylic acids is 2. The third-order valence-electron chi connectivity index (χ3n) is 7.85. The summed E-state index contributed by atoms with van der Waals surface area (Å²) >= 11 is 0. The van der Waals surface area contributed by atoms with Crippen molar-refractivity contribution in [1.82, 2.24) is 0 Å². The molecule has 194 valence electrons. The Labute approximate surface area is 216 Å². The number of benzene rings is 2. The molecule has 0 bridgehead atoms. The van der Waals surface area contributed by atoms with E-state index in [9.17, 15) is 9.59 Å². The SMILES string of the molecule is COc1ccc([C@@H]2CC(=O)C3=C(C2)N=C(C)C(C(=O)OC2CCCC2)[C@@H]3c2ccccc2F)cc1OC. The van der Waals surface area contributed by atoms with E-state index in [1.54, 1.807) is 39.3 Å². The van der Waals surface area contributed by atoms with Crippen LogP contribution in [0.25, 0.3) is 0 Å². The quantitative estimate of drug-likeness (QED) is 0.457. The van der Waals surface area contributed by atoms with Crippen molar-refractivity contribution in [2.45, 2.75) is 63.4 Å². The molecule has 0 spiro atoms. The van der Waals surface area contributed by atoms with Crippen LogP contribution in [0.3, 0.4) is 0 Å². The number of rotatable bonds is 6. The monoisotopic (exact) mass is 505 g/mol. The Morgan fingerprint density at radius 2 is 1.73 bits per heavy atom. The van der Waals surface area contributed by atoms with E-state index in [4.69, 9.17) is 19.2 Å². The van der Waals surface area contributed by atoms with Crippen molar-refractivity contribution in [2.75, 3.05) is 14.2 Å². The van der Waals surface area contributed by atoms with Crippen LogP contribution in [-0.2, 0) is 14.3 Å². The van der Waals surface area contributed by atoms with Crippen LogP contribution in [-0.4, -0.2) is 37.8 Å². The number of hydrogen-bond donors (Lipinski definition) is 0. The fraction of sp³-hybridized carbons (Fsp3) is 0.433. The topological polar surface area (TPSA) is 74.2 Å². The van der Waals surface area contributed by atoms with Crippen molar-refractivity contribution in [3.05, 3.63) is 70.7 Å². The van der Waals surface area contributed by atoms with Gasteiger partial charge in [0.2, 0.25) is 0 Å². The maximum absolute atomic E-state index is 15.2. The summed E-state index contributed by atoms with van der Waals surface area (Å²) in [6.07, 6.45) is 4.32. The van der Waals surface area contributed by atoms with Crippen LogP contribution >= 0.6 is 0 Å². The first-order valence-electron chi connectivity index (χ1n) is 12.9. The fourth-order valence-electron chi connectivity index (χ4n) is 6.01. The first-order chi connectivity index (χ1) is 17.9. The van der Waals surface area contributed by atoms with E-state index in [0.29, 0.717) is 40.5 Å². The van der Waals surface area contributed by atoms with Crippen molar-refractivity contribution >= 4 is 17.5 Å². The summed E-state index contributed by atoms with van der Waals surface area (Å²) in [6.45, 7) is 1.78. The summed E-state index contributed by atoms with van der Waals surface area (Å²) in [5, 5.41) is 0. The summed E-state index contributed by atoms with van der Waals surface area (Å²) in [5.41, 5.74) is 2.87. The lowest BCUT2D eigenvalue weighted by molar-refractivity contribution is -0.151. The number of ether oxygens (including phenoxy) is 3. The lowest BCUT2D eigenvalue weighted by Crippen LogP contribution is -2.39. The third kappa shape index (κ3) is 4.79. The average Bonchev–Trinajstić information content (AvgIpc) is 3.40. The molecule has 5 rings (SSSR count). The molecule has 1 unspecified atom stereocenters. The average molecular weight is 506 g/mol. The van der Waals surface area contributed by atoms with Crippen molar-refractivity contribution < 1.29 is 28.2 Å². The van der Waals surface area contributed by atoms with E-state index < -0.39 is 23.6 Å². The smallest absolute Gasteiger partial charge is 0.315 e. The largest absolute Gasteiger partial charge is 0.493 e. The molecule has 3 aliphatic rings. The Balaban J connectivity index is 1.54. The number of aliphatic imine (C=N–C) groups is 1. The van der Waals surface area contributed by atoms with Crippen LogP contribution in [0.1, 0.15) is 68.4 Å². The minimum atomic E-state index is -0.835. The summed E-state index contributed by atoms with van der Waals surface area (Å²) in [4.78, 5) is 32.0. The number of allylic oxidation sites excluding steroid dienone is 2. The molecule has 37 heavy (non-hydrogen) atoms. The van der Waals surface area contributed by atoms with Crippen molar-refractivity contribution in [1.29, 1.82) is 0 Å². The molecule has 2 aliphatic carbocycles. The highest BCUT2D eigenvalue weighted by molar-refractivity contribution is 6.09. The van der Waals surface area contributed by atoms with E-state index in [2.05, 4.69) is 0 Å². The third-order valence-corrected chi connectivity index (χ3v) is 7.85. The molecule has 2 aromatic carbocycles. The van der Waals surface area contributed by atoms with E-state index in [0.717, 1.165) is 31.2 Å².